The highest BCUT2D eigenvalue weighted by Gasteiger charge is 2.06. The number of nitrogens with two attached hydrogens (primary N) is 1. The van der Waals surface area contributed by atoms with Crippen LogP contribution in [0.15, 0.2) is 52.3 Å². The second-order valence-corrected chi connectivity index (χ2v) is 5.14. The fourth-order valence-corrected chi connectivity index (χ4v) is 2.77. The molecule has 2 N–H and O–H groups in total. The third-order valence-electron chi connectivity index (χ3n) is 2.76. The normalized spacial score (nSPS) is 10.4. The predicted molar refractivity (Wildman–Crippen MR) is 76.2 cm³/mol. The maximum absolute atomic E-state index is 5.64. The molecule has 18 heavy (non-hydrogen) atoms. The number of methoxy groups -OCH3 is 1. The Bertz CT molecular complexity index is 540. The number of para-hydroxylation sites is 1. The van der Waals surface area contributed by atoms with E-state index < -0.39 is 0 Å². The molecule has 0 radical (unpaired) electrons. The highest BCUT2D eigenvalue weighted by Crippen LogP contribution is 2.36. The van der Waals surface area contributed by atoms with Crippen LogP contribution in [0.3, 0.4) is 0 Å². The molecule has 0 amide bonds. The van der Waals surface area contributed by atoms with Crippen molar-refractivity contribution in [2.75, 3.05) is 7.11 Å². The molecular weight excluding hydrogens is 242 g/mol. The number of rotatable bonds is 4. The van der Waals surface area contributed by atoms with Crippen LogP contribution in [0.25, 0.3) is 0 Å². The second kappa shape index (κ2) is 5.94. The fourth-order valence-electron chi connectivity index (χ4n) is 1.77. The van der Waals surface area contributed by atoms with Gasteiger partial charge in [-0.1, -0.05) is 36.0 Å². The van der Waals surface area contributed by atoms with E-state index in [0.717, 1.165) is 16.2 Å². The first kappa shape index (κ1) is 13.0. The van der Waals surface area contributed by atoms with Gasteiger partial charge in [0.05, 0.1) is 12.0 Å². The first-order chi connectivity index (χ1) is 8.74. The van der Waals surface area contributed by atoms with Crippen molar-refractivity contribution in [1.82, 2.24) is 0 Å². The minimum absolute atomic E-state index is 0.584. The Labute approximate surface area is 112 Å². The van der Waals surface area contributed by atoms with E-state index in [1.165, 1.54) is 10.5 Å². The lowest BCUT2D eigenvalue weighted by atomic mass is 10.1. The third-order valence-corrected chi connectivity index (χ3v) is 4.00. The van der Waals surface area contributed by atoms with Crippen LogP contribution in [-0.2, 0) is 6.54 Å². The molecule has 0 aromatic heterocycles. The lowest BCUT2D eigenvalue weighted by Gasteiger charge is -2.10. The van der Waals surface area contributed by atoms with Crippen molar-refractivity contribution in [1.29, 1.82) is 0 Å². The van der Waals surface area contributed by atoms with Gasteiger partial charge in [0.15, 0.2) is 0 Å². The van der Waals surface area contributed by atoms with Gasteiger partial charge in [-0.15, -0.1) is 0 Å². The van der Waals surface area contributed by atoms with E-state index >= 15 is 0 Å². The van der Waals surface area contributed by atoms with E-state index in [0.29, 0.717) is 6.54 Å². The van der Waals surface area contributed by atoms with E-state index in [4.69, 9.17) is 10.5 Å². The summed E-state index contributed by atoms with van der Waals surface area (Å²) in [6.07, 6.45) is 0. The van der Waals surface area contributed by atoms with E-state index in [9.17, 15) is 0 Å². The molecule has 2 nitrogen and oxygen atoms in total. The van der Waals surface area contributed by atoms with Gasteiger partial charge in [-0.2, -0.15) is 0 Å². The smallest absolute Gasteiger partial charge is 0.132 e. The number of benzene rings is 2. The van der Waals surface area contributed by atoms with Gasteiger partial charge < -0.3 is 10.5 Å². The van der Waals surface area contributed by atoms with E-state index in [1.54, 1.807) is 18.9 Å². The summed E-state index contributed by atoms with van der Waals surface area (Å²) in [4.78, 5) is 2.36. The number of ether oxygens (including phenoxy) is 1. The molecule has 94 valence electrons. The quantitative estimate of drug-likeness (QED) is 0.911. The Morgan fingerprint density at radius 3 is 2.56 bits per heavy atom. The van der Waals surface area contributed by atoms with Gasteiger partial charge in [-0.3, -0.25) is 0 Å². The molecule has 3 heteroatoms. The zero-order valence-electron chi connectivity index (χ0n) is 10.6. The molecule has 2 aromatic carbocycles. The van der Waals surface area contributed by atoms with E-state index in [2.05, 4.69) is 31.2 Å². The molecule has 0 fully saturated rings. The first-order valence-corrected chi connectivity index (χ1v) is 6.66. The fraction of sp³-hybridized carbons (Fsp3) is 0.200. The van der Waals surface area contributed by atoms with Crippen LogP contribution >= 0.6 is 11.8 Å². The SMILES string of the molecule is COc1ccccc1Sc1ccc(CN)cc1C. The van der Waals surface area contributed by atoms with Crippen molar-refractivity contribution < 1.29 is 4.74 Å². The highest BCUT2D eigenvalue weighted by molar-refractivity contribution is 7.99. The highest BCUT2D eigenvalue weighted by atomic mass is 32.2. The Balaban J connectivity index is 2.28. The zero-order chi connectivity index (χ0) is 13.0. The molecule has 0 bridgehead atoms. The minimum atomic E-state index is 0.584. The molecule has 0 heterocycles. The number of hydrogen-bond donors (Lipinski definition) is 1. The Morgan fingerprint density at radius 1 is 1.11 bits per heavy atom. The monoisotopic (exact) mass is 259 g/mol. The van der Waals surface area contributed by atoms with E-state index in [-0.39, 0.29) is 0 Å². The average molecular weight is 259 g/mol. The summed E-state index contributed by atoms with van der Waals surface area (Å²) >= 11 is 1.72. The van der Waals surface area contributed by atoms with Gasteiger partial charge in [-0.25, -0.2) is 0 Å². The van der Waals surface area contributed by atoms with E-state index in [1.807, 2.05) is 18.2 Å². The van der Waals surface area contributed by atoms with Crippen molar-refractivity contribution in [2.24, 2.45) is 5.73 Å². The van der Waals surface area contributed by atoms with Crippen LogP contribution in [0.4, 0.5) is 0 Å². The van der Waals surface area contributed by atoms with Crippen molar-refractivity contribution in [3.8, 4) is 5.75 Å². The van der Waals surface area contributed by atoms with Crippen LogP contribution < -0.4 is 10.5 Å². The lowest BCUT2D eigenvalue weighted by molar-refractivity contribution is 0.405. The Morgan fingerprint density at radius 2 is 1.89 bits per heavy atom. The van der Waals surface area contributed by atoms with Gasteiger partial charge in [-0.05, 0) is 36.2 Å². The second-order valence-electron chi connectivity index (χ2n) is 4.06. The average Bonchev–Trinajstić information content (AvgIpc) is 2.41. The molecule has 0 saturated heterocycles. The Kier molecular flexibility index (Phi) is 4.28. The molecule has 0 aliphatic rings. The summed E-state index contributed by atoms with van der Waals surface area (Å²) in [5.74, 6) is 0.907. The molecule has 0 saturated carbocycles. The summed E-state index contributed by atoms with van der Waals surface area (Å²) in [6.45, 7) is 2.69. The van der Waals surface area contributed by atoms with Crippen molar-refractivity contribution >= 4 is 11.8 Å². The number of aryl methyl sites for hydroxylation is 1. The van der Waals surface area contributed by atoms with Gasteiger partial charge in [0.25, 0.3) is 0 Å². The predicted octanol–water partition coefficient (Wildman–Crippen LogP) is 3.61. The van der Waals surface area contributed by atoms with Crippen LogP contribution in [0, 0.1) is 6.92 Å². The molecule has 0 atom stereocenters. The van der Waals surface area contributed by atoms with Crippen LogP contribution in [0.2, 0.25) is 0 Å². The van der Waals surface area contributed by atoms with Gasteiger partial charge in [0.2, 0.25) is 0 Å². The Hall–Kier alpha value is -1.45. The summed E-state index contributed by atoms with van der Waals surface area (Å²) in [7, 11) is 1.70. The van der Waals surface area contributed by atoms with Gasteiger partial charge >= 0.3 is 0 Å². The minimum Gasteiger partial charge on any atom is -0.496 e. The van der Waals surface area contributed by atoms with Gasteiger partial charge in [0, 0.05) is 11.4 Å². The third kappa shape index (κ3) is 2.86. The lowest BCUT2D eigenvalue weighted by Crippen LogP contribution is -1.96. The van der Waals surface area contributed by atoms with Crippen molar-refractivity contribution in [3.63, 3.8) is 0 Å². The van der Waals surface area contributed by atoms with Crippen molar-refractivity contribution in [2.45, 2.75) is 23.3 Å². The van der Waals surface area contributed by atoms with Gasteiger partial charge in [0.1, 0.15) is 5.75 Å². The summed E-state index contributed by atoms with van der Waals surface area (Å²) in [5, 5.41) is 0. The summed E-state index contributed by atoms with van der Waals surface area (Å²) < 4.78 is 5.36. The molecular formula is C15H17NOS. The van der Waals surface area contributed by atoms with Crippen molar-refractivity contribution in [3.05, 3.63) is 53.6 Å². The standard InChI is InChI=1S/C15H17NOS/c1-11-9-12(10-16)7-8-14(11)18-15-6-4-3-5-13(15)17-2/h3-9H,10,16H2,1-2H3. The van der Waals surface area contributed by atoms with Crippen LogP contribution in [0.1, 0.15) is 11.1 Å². The molecule has 0 aliphatic carbocycles. The molecule has 0 spiro atoms. The summed E-state index contributed by atoms with van der Waals surface area (Å²) in [6, 6.07) is 14.4. The van der Waals surface area contributed by atoms with Crippen LogP contribution in [-0.4, -0.2) is 7.11 Å². The maximum Gasteiger partial charge on any atom is 0.132 e. The topological polar surface area (TPSA) is 35.2 Å². The molecule has 2 aromatic rings. The summed E-state index contributed by atoms with van der Waals surface area (Å²) in [5.41, 5.74) is 8.05. The first-order valence-electron chi connectivity index (χ1n) is 5.85. The zero-order valence-corrected chi connectivity index (χ0v) is 11.5. The molecule has 0 unspecified atom stereocenters. The maximum atomic E-state index is 5.64. The largest absolute Gasteiger partial charge is 0.496 e. The number of hydrogen-bond acceptors (Lipinski definition) is 3. The molecule has 2 rings (SSSR count). The molecule has 0 aliphatic heterocycles. The van der Waals surface area contributed by atoms with Crippen LogP contribution in [0.5, 0.6) is 5.75 Å².